The molecule has 0 saturated heterocycles. The van der Waals surface area contributed by atoms with Crippen molar-refractivity contribution in [1.82, 2.24) is 5.16 Å². The first-order valence-electron chi connectivity index (χ1n) is 9.55. The predicted molar refractivity (Wildman–Crippen MR) is 117 cm³/mol. The largest absolute Gasteiger partial charge is 0.449 e. The average molecular weight is 436 g/mol. The van der Waals surface area contributed by atoms with Crippen molar-refractivity contribution < 1.29 is 18.8 Å². The van der Waals surface area contributed by atoms with E-state index in [4.69, 9.17) is 14.5 Å². The Labute approximate surface area is 184 Å². The number of carbonyl (C=O) groups is 2. The van der Waals surface area contributed by atoms with E-state index in [1.165, 1.54) is 18.7 Å². The van der Waals surface area contributed by atoms with Crippen molar-refractivity contribution in [3.63, 3.8) is 0 Å². The predicted octanol–water partition coefficient (Wildman–Crippen LogP) is 4.64. The number of nitriles is 1. The summed E-state index contributed by atoms with van der Waals surface area (Å²) in [6.07, 6.45) is -1.04. The lowest BCUT2D eigenvalue weighted by Gasteiger charge is -2.15. The van der Waals surface area contributed by atoms with Gasteiger partial charge < -0.3 is 14.6 Å². The van der Waals surface area contributed by atoms with Crippen LogP contribution >= 0.6 is 11.8 Å². The van der Waals surface area contributed by atoms with Crippen LogP contribution in [0.5, 0.6) is 0 Å². The van der Waals surface area contributed by atoms with E-state index in [1.807, 2.05) is 32.0 Å². The van der Waals surface area contributed by atoms with Crippen LogP contribution in [0.4, 0.5) is 5.69 Å². The number of hydrogen-bond acceptors (Lipinski definition) is 7. The molecule has 2 aromatic carbocycles. The Balaban J connectivity index is 1.67. The lowest BCUT2D eigenvalue weighted by molar-refractivity contribution is -0.123. The summed E-state index contributed by atoms with van der Waals surface area (Å²) in [5.74, 6) is 0.217. The molecule has 3 aromatic rings. The summed E-state index contributed by atoms with van der Waals surface area (Å²) >= 11 is 1.47. The summed E-state index contributed by atoms with van der Waals surface area (Å²) in [4.78, 5) is 26.0. The van der Waals surface area contributed by atoms with Crippen LogP contribution in [-0.4, -0.2) is 23.1 Å². The number of para-hydroxylation sites is 1. The second-order valence-corrected chi connectivity index (χ2v) is 7.80. The van der Waals surface area contributed by atoms with Gasteiger partial charge in [-0.1, -0.05) is 29.4 Å². The zero-order valence-corrected chi connectivity index (χ0v) is 18.2. The molecule has 0 fully saturated rings. The lowest BCUT2D eigenvalue weighted by Crippen LogP contribution is -2.30. The van der Waals surface area contributed by atoms with E-state index in [0.717, 1.165) is 21.9 Å². The molecule has 7 nitrogen and oxygen atoms in total. The van der Waals surface area contributed by atoms with Crippen LogP contribution in [0, 0.1) is 25.2 Å². The van der Waals surface area contributed by atoms with Gasteiger partial charge in [-0.3, -0.25) is 4.79 Å². The van der Waals surface area contributed by atoms with E-state index >= 15 is 0 Å². The molecular weight excluding hydrogens is 414 g/mol. The second-order valence-electron chi connectivity index (χ2n) is 6.78. The molecule has 1 aromatic heterocycles. The number of amides is 1. The molecule has 0 aliphatic carbocycles. The molecule has 0 aliphatic rings. The summed E-state index contributed by atoms with van der Waals surface area (Å²) in [6.45, 7) is 5.21. The van der Waals surface area contributed by atoms with Crippen molar-refractivity contribution in [3.05, 3.63) is 76.7 Å². The highest BCUT2D eigenvalue weighted by molar-refractivity contribution is 7.98. The van der Waals surface area contributed by atoms with Gasteiger partial charge in [0, 0.05) is 16.2 Å². The molecule has 0 bridgehead atoms. The van der Waals surface area contributed by atoms with Gasteiger partial charge in [-0.05, 0) is 45.0 Å². The minimum Gasteiger partial charge on any atom is -0.449 e. The highest BCUT2D eigenvalue weighted by Gasteiger charge is 2.22. The Kier molecular flexibility index (Phi) is 7.11. The molecule has 1 atom stereocenters. The van der Waals surface area contributed by atoms with Crippen LogP contribution in [0.2, 0.25) is 0 Å². The zero-order chi connectivity index (χ0) is 22.4. The van der Waals surface area contributed by atoms with Crippen molar-refractivity contribution in [2.75, 3.05) is 5.32 Å². The Bertz CT molecular complexity index is 1130. The molecule has 1 amide bonds. The molecule has 3 rings (SSSR count). The van der Waals surface area contributed by atoms with Gasteiger partial charge >= 0.3 is 5.97 Å². The van der Waals surface area contributed by atoms with Crippen LogP contribution in [0.1, 0.15) is 39.9 Å². The fraction of sp³-hybridized carbons (Fsp3) is 0.217. The third-order valence-corrected chi connectivity index (χ3v) is 5.72. The smallest absolute Gasteiger partial charge is 0.340 e. The van der Waals surface area contributed by atoms with Crippen LogP contribution in [0.25, 0.3) is 0 Å². The van der Waals surface area contributed by atoms with E-state index in [-0.39, 0.29) is 0 Å². The van der Waals surface area contributed by atoms with Gasteiger partial charge in [0.05, 0.1) is 22.5 Å². The summed E-state index contributed by atoms with van der Waals surface area (Å²) in [5.41, 5.74) is 2.87. The molecule has 158 valence electrons. The van der Waals surface area contributed by atoms with E-state index in [1.54, 1.807) is 36.4 Å². The molecular formula is C23H21N3O4S. The van der Waals surface area contributed by atoms with E-state index in [0.29, 0.717) is 22.6 Å². The first kappa shape index (κ1) is 22.1. The maximum absolute atomic E-state index is 12.8. The second kappa shape index (κ2) is 9.96. The molecule has 1 heterocycles. The molecule has 0 radical (unpaired) electrons. The van der Waals surface area contributed by atoms with Crippen molar-refractivity contribution in [2.45, 2.75) is 37.5 Å². The van der Waals surface area contributed by atoms with Crippen molar-refractivity contribution in [3.8, 4) is 6.07 Å². The Morgan fingerprint density at radius 3 is 2.61 bits per heavy atom. The average Bonchev–Trinajstić information content (AvgIpc) is 3.09. The van der Waals surface area contributed by atoms with E-state index in [2.05, 4.69) is 10.5 Å². The van der Waals surface area contributed by atoms with Crippen molar-refractivity contribution >= 4 is 29.3 Å². The topological polar surface area (TPSA) is 105 Å². The van der Waals surface area contributed by atoms with E-state index < -0.39 is 18.0 Å². The first-order valence-corrected chi connectivity index (χ1v) is 10.5. The number of nitrogens with one attached hydrogen (secondary N) is 1. The van der Waals surface area contributed by atoms with Crippen molar-refractivity contribution in [2.24, 2.45) is 0 Å². The third kappa shape index (κ3) is 5.32. The molecule has 1 N–H and O–H groups in total. The number of esters is 1. The number of aryl methyl sites for hydroxylation is 2. The van der Waals surface area contributed by atoms with Gasteiger partial charge in [0.2, 0.25) is 0 Å². The zero-order valence-electron chi connectivity index (χ0n) is 17.3. The number of rotatable bonds is 7. The van der Waals surface area contributed by atoms with Crippen LogP contribution in [-0.2, 0) is 15.3 Å². The minimum atomic E-state index is -1.04. The van der Waals surface area contributed by atoms with Gasteiger partial charge in [0.15, 0.2) is 6.10 Å². The summed E-state index contributed by atoms with van der Waals surface area (Å²) in [5, 5.41) is 15.7. The fourth-order valence-electron chi connectivity index (χ4n) is 2.82. The normalized spacial score (nSPS) is 11.4. The number of carbonyl (C=O) groups excluding carboxylic acids is 2. The molecule has 8 heteroatoms. The maximum atomic E-state index is 12.8. The number of benzene rings is 2. The first-order chi connectivity index (χ1) is 14.9. The number of thioether (sulfide) groups is 1. The summed E-state index contributed by atoms with van der Waals surface area (Å²) < 4.78 is 10.6. The SMILES string of the molecule is Cc1noc(C)c1CSc1ccccc1C(=O)OC(C)C(=O)Nc1ccccc1C#N. The lowest BCUT2D eigenvalue weighted by atomic mass is 10.2. The Morgan fingerprint density at radius 1 is 1.19 bits per heavy atom. The molecule has 0 saturated carbocycles. The van der Waals surface area contributed by atoms with Gasteiger partial charge in [0.1, 0.15) is 11.8 Å². The quantitative estimate of drug-likeness (QED) is 0.426. The summed E-state index contributed by atoms with van der Waals surface area (Å²) in [7, 11) is 0. The number of hydrogen-bond donors (Lipinski definition) is 1. The van der Waals surface area contributed by atoms with Gasteiger partial charge in [-0.25, -0.2) is 4.79 Å². The van der Waals surface area contributed by atoms with Crippen LogP contribution < -0.4 is 5.32 Å². The van der Waals surface area contributed by atoms with Gasteiger partial charge in [-0.15, -0.1) is 11.8 Å². The minimum absolute atomic E-state index is 0.329. The van der Waals surface area contributed by atoms with E-state index in [9.17, 15) is 9.59 Å². The molecule has 0 aliphatic heterocycles. The van der Waals surface area contributed by atoms with Gasteiger partial charge in [-0.2, -0.15) is 5.26 Å². The number of ether oxygens (including phenoxy) is 1. The molecule has 31 heavy (non-hydrogen) atoms. The van der Waals surface area contributed by atoms with Crippen molar-refractivity contribution in [1.29, 1.82) is 5.26 Å². The summed E-state index contributed by atoms with van der Waals surface area (Å²) in [6, 6.07) is 15.7. The number of anilines is 1. The van der Waals surface area contributed by atoms with Gasteiger partial charge in [0.25, 0.3) is 5.91 Å². The maximum Gasteiger partial charge on any atom is 0.340 e. The Hall–Kier alpha value is -3.57. The monoisotopic (exact) mass is 435 g/mol. The van der Waals surface area contributed by atoms with Crippen LogP contribution in [0.15, 0.2) is 57.9 Å². The number of nitrogens with zero attached hydrogens (tertiary/aromatic N) is 2. The number of aromatic nitrogens is 1. The van der Waals surface area contributed by atoms with Crippen LogP contribution in [0.3, 0.4) is 0 Å². The molecule has 1 unspecified atom stereocenters. The standard InChI is InChI=1S/C23H21N3O4S/c1-14-19(15(2)30-26-14)13-31-21-11-7-5-9-18(21)23(28)29-16(3)22(27)25-20-10-6-4-8-17(20)12-24/h4-11,16H,13H2,1-3H3,(H,25,27). The fourth-order valence-corrected chi connectivity index (χ4v) is 4.01. The highest BCUT2D eigenvalue weighted by Crippen LogP contribution is 2.29. The highest BCUT2D eigenvalue weighted by atomic mass is 32.2. The third-order valence-electron chi connectivity index (χ3n) is 4.62. The Morgan fingerprint density at radius 2 is 1.90 bits per heavy atom. The molecule has 0 spiro atoms.